The molecule has 0 spiro atoms. The zero-order valence-corrected chi connectivity index (χ0v) is 15.4. The van der Waals surface area contributed by atoms with Gasteiger partial charge in [0, 0.05) is 24.3 Å². The number of halogens is 1. The SMILES string of the molecule is CN(C)CCCNC(=O)c1ccnc(NCCc2cccc(Cl)c2)n1. The van der Waals surface area contributed by atoms with E-state index in [0.29, 0.717) is 24.7 Å². The van der Waals surface area contributed by atoms with Crippen LogP contribution in [0.2, 0.25) is 5.02 Å². The molecule has 0 fully saturated rings. The molecule has 0 bridgehead atoms. The number of rotatable bonds is 9. The van der Waals surface area contributed by atoms with E-state index in [2.05, 4.69) is 25.5 Å². The quantitative estimate of drug-likeness (QED) is 0.671. The highest BCUT2D eigenvalue weighted by molar-refractivity contribution is 6.30. The third kappa shape index (κ3) is 7.07. The highest BCUT2D eigenvalue weighted by Gasteiger charge is 2.08. The van der Waals surface area contributed by atoms with E-state index in [1.54, 1.807) is 12.3 Å². The fourth-order valence-corrected chi connectivity index (χ4v) is 2.48. The monoisotopic (exact) mass is 361 g/mol. The molecule has 1 heterocycles. The summed E-state index contributed by atoms with van der Waals surface area (Å²) in [6.45, 7) is 2.22. The average Bonchev–Trinajstić information content (AvgIpc) is 2.59. The fourth-order valence-electron chi connectivity index (χ4n) is 2.27. The second-order valence-electron chi connectivity index (χ2n) is 5.98. The van der Waals surface area contributed by atoms with Crippen molar-refractivity contribution in [3.63, 3.8) is 0 Å². The normalized spacial score (nSPS) is 10.7. The van der Waals surface area contributed by atoms with Gasteiger partial charge in [0.1, 0.15) is 5.69 Å². The van der Waals surface area contributed by atoms with Crippen LogP contribution < -0.4 is 10.6 Å². The lowest BCUT2D eigenvalue weighted by Crippen LogP contribution is -2.28. The van der Waals surface area contributed by atoms with Gasteiger partial charge in [0.15, 0.2) is 0 Å². The van der Waals surface area contributed by atoms with Crippen LogP contribution in [0, 0.1) is 0 Å². The zero-order chi connectivity index (χ0) is 18.1. The van der Waals surface area contributed by atoms with Crippen molar-refractivity contribution >= 4 is 23.5 Å². The zero-order valence-electron chi connectivity index (χ0n) is 14.6. The van der Waals surface area contributed by atoms with Crippen LogP contribution in [0.15, 0.2) is 36.5 Å². The summed E-state index contributed by atoms with van der Waals surface area (Å²) in [6, 6.07) is 9.34. The Balaban J connectivity index is 1.80. The first-order valence-electron chi connectivity index (χ1n) is 8.29. The van der Waals surface area contributed by atoms with E-state index < -0.39 is 0 Å². The number of benzene rings is 1. The van der Waals surface area contributed by atoms with E-state index in [-0.39, 0.29) is 5.91 Å². The third-order valence-electron chi connectivity index (χ3n) is 3.54. The Kier molecular flexibility index (Phi) is 7.63. The minimum Gasteiger partial charge on any atom is -0.354 e. The number of nitrogens with zero attached hydrogens (tertiary/aromatic N) is 3. The topological polar surface area (TPSA) is 70.2 Å². The highest BCUT2D eigenvalue weighted by Crippen LogP contribution is 2.11. The van der Waals surface area contributed by atoms with Crippen LogP contribution in [0.25, 0.3) is 0 Å². The van der Waals surface area contributed by atoms with Gasteiger partial charge in [-0.25, -0.2) is 9.97 Å². The maximum Gasteiger partial charge on any atom is 0.270 e. The molecule has 25 heavy (non-hydrogen) atoms. The van der Waals surface area contributed by atoms with Crippen molar-refractivity contribution in [2.24, 2.45) is 0 Å². The Morgan fingerprint density at radius 1 is 1.24 bits per heavy atom. The summed E-state index contributed by atoms with van der Waals surface area (Å²) >= 11 is 5.97. The van der Waals surface area contributed by atoms with Crippen molar-refractivity contribution in [2.45, 2.75) is 12.8 Å². The Morgan fingerprint density at radius 2 is 2.08 bits per heavy atom. The van der Waals surface area contributed by atoms with Gasteiger partial charge < -0.3 is 15.5 Å². The molecule has 0 radical (unpaired) electrons. The van der Waals surface area contributed by atoms with Crippen LogP contribution in [-0.4, -0.2) is 54.5 Å². The lowest BCUT2D eigenvalue weighted by molar-refractivity contribution is 0.0947. The molecule has 0 unspecified atom stereocenters. The molecule has 0 saturated carbocycles. The number of hydrogen-bond acceptors (Lipinski definition) is 5. The van der Waals surface area contributed by atoms with E-state index in [4.69, 9.17) is 11.6 Å². The molecule has 2 rings (SSSR count). The maximum atomic E-state index is 12.1. The van der Waals surface area contributed by atoms with Gasteiger partial charge in [0.2, 0.25) is 5.95 Å². The second kappa shape index (κ2) is 9.96. The van der Waals surface area contributed by atoms with Crippen molar-refractivity contribution in [3.05, 3.63) is 52.8 Å². The van der Waals surface area contributed by atoms with Crippen LogP contribution in [0.3, 0.4) is 0 Å². The van der Waals surface area contributed by atoms with Gasteiger partial charge in [-0.3, -0.25) is 4.79 Å². The Bertz CT molecular complexity index is 693. The number of carbonyl (C=O) groups is 1. The summed E-state index contributed by atoms with van der Waals surface area (Å²) < 4.78 is 0. The molecule has 1 amide bonds. The van der Waals surface area contributed by atoms with Gasteiger partial charge in [-0.2, -0.15) is 0 Å². The lowest BCUT2D eigenvalue weighted by Gasteiger charge is -2.10. The van der Waals surface area contributed by atoms with Gasteiger partial charge >= 0.3 is 0 Å². The van der Waals surface area contributed by atoms with Crippen LogP contribution >= 0.6 is 11.6 Å². The first-order chi connectivity index (χ1) is 12.0. The molecular formula is C18H24ClN5O. The standard InChI is InChI=1S/C18H24ClN5O/c1-24(2)12-4-9-20-17(25)16-8-11-22-18(23-16)21-10-7-14-5-3-6-15(19)13-14/h3,5-6,8,11,13H,4,7,9-10,12H2,1-2H3,(H,20,25)(H,21,22,23). The summed E-state index contributed by atoms with van der Waals surface area (Å²) in [6.07, 6.45) is 3.28. The molecule has 1 aromatic heterocycles. The first kappa shape index (κ1) is 19.1. The van der Waals surface area contributed by atoms with Gasteiger partial charge in [0.25, 0.3) is 5.91 Å². The molecule has 7 heteroatoms. The molecule has 1 aromatic carbocycles. The molecule has 0 saturated heterocycles. The Hall–Kier alpha value is -2.18. The number of amides is 1. The Morgan fingerprint density at radius 3 is 2.84 bits per heavy atom. The molecule has 2 N–H and O–H groups in total. The predicted molar refractivity (Wildman–Crippen MR) is 101 cm³/mol. The van der Waals surface area contributed by atoms with Gasteiger partial charge in [-0.05, 0) is 57.2 Å². The minimum absolute atomic E-state index is 0.181. The van der Waals surface area contributed by atoms with Gasteiger partial charge in [-0.1, -0.05) is 23.7 Å². The van der Waals surface area contributed by atoms with Crippen molar-refractivity contribution in [3.8, 4) is 0 Å². The summed E-state index contributed by atoms with van der Waals surface area (Å²) in [4.78, 5) is 22.6. The number of aromatic nitrogens is 2. The van der Waals surface area contributed by atoms with Crippen molar-refractivity contribution < 1.29 is 4.79 Å². The minimum atomic E-state index is -0.181. The average molecular weight is 362 g/mol. The third-order valence-corrected chi connectivity index (χ3v) is 3.78. The van der Waals surface area contributed by atoms with Crippen molar-refractivity contribution in [1.82, 2.24) is 20.2 Å². The number of nitrogens with one attached hydrogen (secondary N) is 2. The molecule has 0 atom stereocenters. The van der Waals surface area contributed by atoms with Crippen molar-refractivity contribution in [1.29, 1.82) is 0 Å². The fraction of sp³-hybridized carbons (Fsp3) is 0.389. The number of anilines is 1. The second-order valence-corrected chi connectivity index (χ2v) is 6.42. The molecular weight excluding hydrogens is 338 g/mol. The summed E-state index contributed by atoms with van der Waals surface area (Å²) in [7, 11) is 4.02. The molecule has 0 aliphatic carbocycles. The summed E-state index contributed by atoms with van der Waals surface area (Å²) in [5, 5.41) is 6.73. The molecule has 0 aliphatic rings. The van der Waals surface area contributed by atoms with Crippen molar-refractivity contribution in [2.75, 3.05) is 39.0 Å². The lowest BCUT2D eigenvalue weighted by atomic mass is 10.1. The van der Waals surface area contributed by atoms with Crippen LogP contribution in [0.1, 0.15) is 22.5 Å². The first-order valence-corrected chi connectivity index (χ1v) is 8.66. The molecule has 0 aliphatic heterocycles. The Labute approximate surface area is 153 Å². The molecule has 6 nitrogen and oxygen atoms in total. The van der Waals surface area contributed by atoms with E-state index >= 15 is 0 Å². The van der Waals surface area contributed by atoms with E-state index in [1.807, 2.05) is 38.4 Å². The van der Waals surface area contributed by atoms with Gasteiger partial charge in [0.05, 0.1) is 0 Å². The largest absolute Gasteiger partial charge is 0.354 e. The molecule has 2 aromatic rings. The number of hydrogen-bond donors (Lipinski definition) is 2. The number of carbonyl (C=O) groups excluding carboxylic acids is 1. The summed E-state index contributed by atoms with van der Waals surface area (Å²) in [5.41, 5.74) is 1.50. The molecule has 134 valence electrons. The van der Waals surface area contributed by atoms with Crippen LogP contribution in [-0.2, 0) is 6.42 Å². The highest BCUT2D eigenvalue weighted by atomic mass is 35.5. The van der Waals surface area contributed by atoms with E-state index in [0.717, 1.165) is 30.0 Å². The van der Waals surface area contributed by atoms with E-state index in [1.165, 1.54) is 0 Å². The maximum absolute atomic E-state index is 12.1. The van der Waals surface area contributed by atoms with Crippen LogP contribution in [0.5, 0.6) is 0 Å². The van der Waals surface area contributed by atoms with Gasteiger partial charge in [-0.15, -0.1) is 0 Å². The van der Waals surface area contributed by atoms with Crippen LogP contribution in [0.4, 0.5) is 5.95 Å². The summed E-state index contributed by atoms with van der Waals surface area (Å²) in [5.74, 6) is 0.266. The van der Waals surface area contributed by atoms with E-state index in [9.17, 15) is 4.79 Å². The smallest absolute Gasteiger partial charge is 0.270 e. The predicted octanol–water partition coefficient (Wildman–Crippen LogP) is 2.47.